The van der Waals surface area contributed by atoms with Gasteiger partial charge in [-0.05, 0) is 12.8 Å². The number of aliphatic hydroxyl groups excluding tert-OH is 5. The van der Waals surface area contributed by atoms with Crippen molar-refractivity contribution in [3.05, 3.63) is 0 Å². The third kappa shape index (κ3) is 32.1. The van der Waals surface area contributed by atoms with Crippen LogP contribution in [0.5, 0.6) is 0 Å². The molecule has 12 nitrogen and oxygen atoms in total. The van der Waals surface area contributed by atoms with Gasteiger partial charge in [0.05, 0.1) is 13.2 Å². The van der Waals surface area contributed by atoms with Crippen LogP contribution in [0.25, 0.3) is 0 Å². The number of phosphoric acid groups is 1. The summed E-state index contributed by atoms with van der Waals surface area (Å²) in [6, 6.07) is 0. The zero-order chi connectivity index (χ0) is 45.5. The van der Waals surface area contributed by atoms with E-state index >= 15 is 0 Å². The Morgan fingerprint density at radius 2 is 0.758 bits per heavy atom. The number of carbonyl (C=O) groups excluding carboxylic acids is 1. The topological polar surface area (TPSA) is 192 Å². The van der Waals surface area contributed by atoms with Crippen LogP contribution < -0.4 is 0 Å². The van der Waals surface area contributed by atoms with Crippen molar-refractivity contribution >= 4 is 13.8 Å². The van der Waals surface area contributed by atoms with E-state index in [0.717, 1.165) is 38.5 Å². The highest BCUT2D eigenvalue weighted by Crippen LogP contribution is 2.47. The first kappa shape index (κ1) is 59.4. The number of ether oxygens (including phenoxy) is 2. The van der Waals surface area contributed by atoms with Gasteiger partial charge >= 0.3 is 13.8 Å². The van der Waals surface area contributed by atoms with Crippen LogP contribution in [-0.2, 0) is 27.9 Å². The van der Waals surface area contributed by atoms with Gasteiger partial charge in [-0.1, -0.05) is 226 Å². The molecule has 6 N–H and O–H groups in total. The second-order valence-corrected chi connectivity index (χ2v) is 19.8. The zero-order valence-electron chi connectivity index (χ0n) is 39.7. The highest BCUT2D eigenvalue weighted by atomic mass is 31.2. The fraction of sp³-hybridized carbons (Fsp3) is 0.980. The van der Waals surface area contributed by atoms with E-state index in [1.165, 1.54) is 180 Å². The second kappa shape index (κ2) is 40.6. The van der Waals surface area contributed by atoms with Crippen LogP contribution >= 0.6 is 7.82 Å². The van der Waals surface area contributed by atoms with Gasteiger partial charge in [0.2, 0.25) is 0 Å². The Bertz CT molecular complexity index is 1040. The minimum absolute atomic E-state index is 0.0674. The van der Waals surface area contributed by atoms with Crippen LogP contribution in [0.3, 0.4) is 0 Å². The molecule has 0 aromatic carbocycles. The molecule has 0 aromatic rings. The van der Waals surface area contributed by atoms with Crippen molar-refractivity contribution in [2.45, 2.75) is 288 Å². The number of unbranched alkanes of at least 4 members (excludes halogenated alkanes) is 33. The Labute approximate surface area is 378 Å². The summed E-state index contributed by atoms with van der Waals surface area (Å²) in [6.07, 6.45) is 31.7. The molecule has 1 rings (SSSR count). The molecule has 0 saturated heterocycles. The fourth-order valence-corrected chi connectivity index (χ4v) is 9.33. The molecule has 1 aliphatic carbocycles. The van der Waals surface area contributed by atoms with E-state index in [1.54, 1.807) is 0 Å². The molecular weight excluding hydrogens is 812 g/mol. The second-order valence-electron chi connectivity index (χ2n) is 18.4. The van der Waals surface area contributed by atoms with Gasteiger partial charge in [0, 0.05) is 13.0 Å². The summed E-state index contributed by atoms with van der Waals surface area (Å²) in [7, 11) is -5.01. The molecule has 0 radical (unpaired) electrons. The predicted octanol–water partition coefficient (Wildman–Crippen LogP) is 11.3. The number of esters is 1. The van der Waals surface area contributed by atoms with Crippen LogP contribution in [0.15, 0.2) is 0 Å². The number of hydrogen-bond donors (Lipinski definition) is 6. The molecule has 0 bridgehead atoms. The Balaban J connectivity index is 2.32. The lowest BCUT2D eigenvalue weighted by molar-refractivity contribution is -0.220. The number of phosphoric ester groups is 1. The summed E-state index contributed by atoms with van der Waals surface area (Å²) >= 11 is 0. The van der Waals surface area contributed by atoms with Gasteiger partial charge in [-0.3, -0.25) is 13.8 Å². The molecule has 0 aromatic heterocycles. The maximum atomic E-state index is 12.8. The van der Waals surface area contributed by atoms with E-state index in [9.17, 15) is 39.8 Å². The lowest BCUT2D eigenvalue weighted by Crippen LogP contribution is -2.64. The maximum absolute atomic E-state index is 12.8. The highest BCUT2D eigenvalue weighted by Gasteiger charge is 2.51. The minimum atomic E-state index is -5.01. The molecule has 0 heterocycles. The maximum Gasteiger partial charge on any atom is 0.472 e. The first-order chi connectivity index (χ1) is 30.0. The molecule has 0 spiro atoms. The predicted molar refractivity (Wildman–Crippen MR) is 249 cm³/mol. The first-order valence-electron chi connectivity index (χ1n) is 25.9. The number of carbonyl (C=O) groups is 1. The van der Waals surface area contributed by atoms with E-state index in [2.05, 4.69) is 13.8 Å². The normalized spacial score (nSPS) is 21.9. The van der Waals surface area contributed by atoms with Gasteiger partial charge in [-0.25, -0.2) is 4.57 Å². The molecule has 1 aliphatic rings. The van der Waals surface area contributed by atoms with E-state index in [1.807, 2.05) is 0 Å². The van der Waals surface area contributed by atoms with Crippen molar-refractivity contribution in [2.75, 3.05) is 19.8 Å². The smallest absolute Gasteiger partial charge is 0.457 e. The molecule has 0 aliphatic heterocycles. The summed E-state index contributed by atoms with van der Waals surface area (Å²) in [5.74, 6) is -0.469. The van der Waals surface area contributed by atoms with E-state index in [0.29, 0.717) is 13.0 Å². The quantitative estimate of drug-likeness (QED) is 0.0193. The van der Waals surface area contributed by atoms with Gasteiger partial charge in [0.15, 0.2) is 0 Å². The molecule has 6 unspecified atom stereocenters. The number of aliphatic hydroxyl groups is 5. The van der Waals surface area contributed by atoms with Crippen molar-refractivity contribution in [1.29, 1.82) is 0 Å². The fourth-order valence-electron chi connectivity index (χ4n) is 8.36. The molecule has 1 fully saturated rings. The molecule has 8 atom stereocenters. The average Bonchev–Trinajstić information content (AvgIpc) is 3.26. The van der Waals surface area contributed by atoms with Crippen LogP contribution in [0.2, 0.25) is 0 Å². The van der Waals surface area contributed by atoms with E-state index in [4.69, 9.17) is 18.5 Å². The zero-order valence-corrected chi connectivity index (χ0v) is 40.6. The summed E-state index contributed by atoms with van der Waals surface area (Å²) < 4.78 is 34.3. The molecule has 62 heavy (non-hydrogen) atoms. The lowest BCUT2D eigenvalue weighted by atomic mass is 9.85. The van der Waals surface area contributed by atoms with Crippen molar-refractivity contribution in [3.8, 4) is 0 Å². The Kier molecular flexibility index (Phi) is 38.9. The van der Waals surface area contributed by atoms with Gasteiger partial charge in [-0.2, -0.15) is 0 Å². The van der Waals surface area contributed by atoms with Crippen molar-refractivity contribution in [3.63, 3.8) is 0 Å². The first-order valence-corrected chi connectivity index (χ1v) is 27.4. The summed E-state index contributed by atoms with van der Waals surface area (Å²) in [5, 5.41) is 50.3. The van der Waals surface area contributed by atoms with Crippen LogP contribution in [-0.4, -0.2) is 98.9 Å². The molecule has 0 amide bonds. The summed E-state index contributed by atoms with van der Waals surface area (Å²) in [4.78, 5) is 23.2. The average molecular weight is 909 g/mol. The highest BCUT2D eigenvalue weighted by molar-refractivity contribution is 7.47. The van der Waals surface area contributed by atoms with Gasteiger partial charge in [0.1, 0.15) is 42.7 Å². The molecule has 13 heteroatoms. The number of rotatable bonds is 45. The van der Waals surface area contributed by atoms with Gasteiger partial charge in [-0.15, -0.1) is 0 Å². The SMILES string of the molecule is CCCCCCCCCCCCCCCCCCCCOC[C@H](COP(=O)(O)OC1C(O)C(O)C(O)[C@@H](O)C1O)OC(=O)CCCCCCCCCCCCCCCCCCC. The Morgan fingerprint density at radius 1 is 0.452 bits per heavy atom. The van der Waals surface area contributed by atoms with Crippen LogP contribution in [0.1, 0.15) is 245 Å². The standard InChI is InChI=1S/C49H97O12P/c1-3-5-7-9-11-13-15-17-19-21-23-25-27-29-31-33-35-37-39-58-40-42(41-59-62(56,57)61-49-47(54)45(52)44(51)46(53)48(49)55)60-43(50)38-36-34-32-30-28-26-24-22-20-18-16-14-12-10-8-6-4-2/h42,44-49,51-55H,3-41H2,1-2H3,(H,56,57)/t42-,44?,45-,46?,47?,48?,49?/m1/s1. The molecule has 370 valence electrons. The largest absolute Gasteiger partial charge is 0.472 e. The monoisotopic (exact) mass is 909 g/mol. The van der Waals surface area contributed by atoms with E-state index in [-0.39, 0.29) is 13.0 Å². The van der Waals surface area contributed by atoms with Crippen LogP contribution in [0.4, 0.5) is 0 Å². The Morgan fingerprint density at radius 3 is 1.11 bits per heavy atom. The van der Waals surface area contributed by atoms with Crippen molar-refractivity contribution in [2.24, 2.45) is 0 Å². The number of hydrogen-bond acceptors (Lipinski definition) is 11. The summed E-state index contributed by atoms with van der Waals surface area (Å²) in [6.45, 7) is 4.32. The molecular formula is C49H97O12P. The van der Waals surface area contributed by atoms with Crippen molar-refractivity contribution < 1.29 is 58.3 Å². The minimum Gasteiger partial charge on any atom is -0.457 e. The van der Waals surface area contributed by atoms with Gasteiger partial charge < -0.3 is 39.9 Å². The third-order valence-electron chi connectivity index (χ3n) is 12.5. The lowest BCUT2D eigenvalue weighted by Gasteiger charge is -2.41. The van der Waals surface area contributed by atoms with Crippen LogP contribution in [0, 0.1) is 0 Å². The van der Waals surface area contributed by atoms with Gasteiger partial charge in [0.25, 0.3) is 0 Å². The third-order valence-corrected chi connectivity index (χ3v) is 13.5. The summed E-state index contributed by atoms with van der Waals surface area (Å²) in [5.41, 5.74) is 0. The van der Waals surface area contributed by atoms with Crippen molar-refractivity contribution in [1.82, 2.24) is 0 Å². The Hall–Kier alpha value is -0.660. The molecule has 1 saturated carbocycles. The van der Waals surface area contributed by atoms with E-state index < -0.39 is 63.1 Å².